The molecule has 28 heavy (non-hydrogen) atoms. The standard InChI is InChI=1S/C20H23FN4O3/c21-15-3-1-4-16(13-15)28-17-6-8-25(14-17)20(26)23-18-5-2-7-22-19(18)24-9-11-27-12-10-24/h1-5,7,13,17H,6,8-12,14H2,(H,23,26). The van der Waals surface area contributed by atoms with Crippen LogP contribution in [0.4, 0.5) is 20.7 Å². The molecule has 0 radical (unpaired) electrons. The molecule has 0 aliphatic carbocycles. The molecule has 1 atom stereocenters. The number of ether oxygens (including phenoxy) is 2. The zero-order valence-corrected chi connectivity index (χ0v) is 15.5. The molecule has 1 aromatic heterocycles. The van der Waals surface area contributed by atoms with Gasteiger partial charge in [0.2, 0.25) is 0 Å². The van der Waals surface area contributed by atoms with Crippen molar-refractivity contribution in [3.8, 4) is 5.75 Å². The molecule has 4 rings (SSSR count). The maximum atomic E-state index is 13.3. The van der Waals surface area contributed by atoms with Crippen molar-refractivity contribution in [1.82, 2.24) is 9.88 Å². The van der Waals surface area contributed by atoms with E-state index in [1.807, 2.05) is 6.07 Å². The number of benzene rings is 1. The third kappa shape index (κ3) is 4.33. The van der Waals surface area contributed by atoms with Crippen molar-refractivity contribution in [2.45, 2.75) is 12.5 Å². The lowest BCUT2D eigenvalue weighted by Gasteiger charge is -2.29. The minimum atomic E-state index is -0.336. The van der Waals surface area contributed by atoms with Gasteiger partial charge in [0, 0.05) is 38.3 Å². The highest BCUT2D eigenvalue weighted by atomic mass is 19.1. The van der Waals surface area contributed by atoms with Crippen molar-refractivity contribution < 1.29 is 18.7 Å². The summed E-state index contributed by atoms with van der Waals surface area (Å²) in [5.74, 6) is 0.900. The number of anilines is 2. The molecule has 1 aromatic carbocycles. The molecule has 2 aliphatic rings. The van der Waals surface area contributed by atoms with Crippen LogP contribution in [0, 0.1) is 5.82 Å². The fourth-order valence-corrected chi connectivity index (χ4v) is 3.46. The summed E-state index contributed by atoms with van der Waals surface area (Å²) in [6.45, 7) is 3.82. The molecule has 0 saturated carbocycles. The van der Waals surface area contributed by atoms with E-state index in [1.54, 1.807) is 29.3 Å². The van der Waals surface area contributed by atoms with Crippen LogP contribution in [-0.2, 0) is 4.74 Å². The van der Waals surface area contributed by atoms with E-state index in [-0.39, 0.29) is 18.0 Å². The Morgan fingerprint density at radius 2 is 2.07 bits per heavy atom. The SMILES string of the molecule is O=C(Nc1cccnc1N1CCOCC1)N1CCC(Oc2cccc(F)c2)C1. The Labute approximate surface area is 163 Å². The number of rotatable bonds is 4. The van der Waals surface area contributed by atoms with Crippen LogP contribution in [0.2, 0.25) is 0 Å². The van der Waals surface area contributed by atoms with Crippen molar-refractivity contribution in [2.75, 3.05) is 49.6 Å². The van der Waals surface area contributed by atoms with Crippen LogP contribution >= 0.6 is 0 Å². The zero-order chi connectivity index (χ0) is 19.3. The Balaban J connectivity index is 1.37. The predicted octanol–water partition coefficient (Wildman–Crippen LogP) is 2.74. The average Bonchev–Trinajstić information content (AvgIpc) is 3.18. The van der Waals surface area contributed by atoms with E-state index >= 15 is 0 Å². The van der Waals surface area contributed by atoms with E-state index in [0.29, 0.717) is 44.2 Å². The van der Waals surface area contributed by atoms with Gasteiger partial charge in [0.05, 0.1) is 25.4 Å². The van der Waals surface area contributed by atoms with Gasteiger partial charge in [0.15, 0.2) is 5.82 Å². The van der Waals surface area contributed by atoms with Crippen molar-refractivity contribution >= 4 is 17.5 Å². The largest absolute Gasteiger partial charge is 0.488 e. The van der Waals surface area contributed by atoms with E-state index in [2.05, 4.69) is 15.2 Å². The van der Waals surface area contributed by atoms with Gasteiger partial charge >= 0.3 is 6.03 Å². The number of likely N-dealkylation sites (tertiary alicyclic amines) is 1. The summed E-state index contributed by atoms with van der Waals surface area (Å²) in [4.78, 5) is 21.0. The molecule has 1 N–H and O–H groups in total. The van der Waals surface area contributed by atoms with E-state index < -0.39 is 0 Å². The topological polar surface area (TPSA) is 66.9 Å². The normalized spacial score (nSPS) is 19.5. The molecule has 7 nitrogen and oxygen atoms in total. The Bertz CT molecular complexity index is 829. The van der Waals surface area contributed by atoms with E-state index in [4.69, 9.17) is 9.47 Å². The van der Waals surface area contributed by atoms with Crippen LogP contribution in [0.15, 0.2) is 42.6 Å². The van der Waals surface area contributed by atoms with Gasteiger partial charge in [-0.2, -0.15) is 0 Å². The van der Waals surface area contributed by atoms with Crippen molar-refractivity contribution in [3.63, 3.8) is 0 Å². The Morgan fingerprint density at radius 3 is 2.89 bits per heavy atom. The van der Waals surface area contributed by atoms with Crippen molar-refractivity contribution in [2.24, 2.45) is 0 Å². The van der Waals surface area contributed by atoms with E-state index in [9.17, 15) is 9.18 Å². The highest BCUT2D eigenvalue weighted by Gasteiger charge is 2.28. The van der Waals surface area contributed by atoms with Crippen LogP contribution in [0.3, 0.4) is 0 Å². The molecule has 148 valence electrons. The van der Waals surface area contributed by atoms with Crippen LogP contribution in [0.1, 0.15) is 6.42 Å². The lowest BCUT2D eigenvalue weighted by Crippen LogP contribution is -2.38. The number of nitrogens with one attached hydrogen (secondary N) is 1. The number of urea groups is 1. The fourth-order valence-electron chi connectivity index (χ4n) is 3.46. The number of hydrogen-bond donors (Lipinski definition) is 1. The van der Waals surface area contributed by atoms with Crippen LogP contribution < -0.4 is 15.0 Å². The summed E-state index contributed by atoms with van der Waals surface area (Å²) < 4.78 is 24.5. The smallest absolute Gasteiger partial charge is 0.322 e. The summed E-state index contributed by atoms with van der Waals surface area (Å²) in [5.41, 5.74) is 0.684. The first-order valence-corrected chi connectivity index (χ1v) is 9.45. The molecule has 2 fully saturated rings. The van der Waals surface area contributed by atoms with Gasteiger partial charge in [0.25, 0.3) is 0 Å². The summed E-state index contributed by atoms with van der Waals surface area (Å²) in [7, 11) is 0. The van der Waals surface area contributed by atoms with E-state index in [1.165, 1.54) is 12.1 Å². The van der Waals surface area contributed by atoms with E-state index in [0.717, 1.165) is 18.9 Å². The van der Waals surface area contributed by atoms with Crippen molar-refractivity contribution in [3.05, 3.63) is 48.4 Å². The molecule has 0 bridgehead atoms. The second-order valence-electron chi connectivity index (χ2n) is 6.84. The lowest BCUT2D eigenvalue weighted by molar-refractivity contribution is 0.122. The molecule has 2 aliphatic heterocycles. The monoisotopic (exact) mass is 386 g/mol. The van der Waals surface area contributed by atoms with Gasteiger partial charge in [-0.25, -0.2) is 14.2 Å². The first kappa shape index (κ1) is 18.5. The predicted molar refractivity (Wildman–Crippen MR) is 103 cm³/mol. The van der Waals surface area contributed by atoms with Crippen LogP contribution in [0.5, 0.6) is 5.75 Å². The molecule has 3 heterocycles. The Kier molecular flexibility index (Phi) is 5.57. The summed E-state index contributed by atoms with van der Waals surface area (Å²) in [6.07, 6.45) is 2.27. The number of aromatic nitrogens is 1. The zero-order valence-electron chi connectivity index (χ0n) is 15.5. The van der Waals surface area contributed by atoms with Gasteiger partial charge in [0.1, 0.15) is 17.7 Å². The number of carbonyl (C=O) groups excluding carboxylic acids is 1. The van der Waals surface area contributed by atoms with Crippen LogP contribution in [0.25, 0.3) is 0 Å². The van der Waals surface area contributed by atoms with Gasteiger partial charge in [-0.3, -0.25) is 0 Å². The van der Waals surface area contributed by atoms with Gasteiger partial charge in [-0.1, -0.05) is 6.07 Å². The summed E-state index contributed by atoms with van der Waals surface area (Å²) in [6, 6.07) is 9.53. The Hall–Kier alpha value is -2.87. The quantitative estimate of drug-likeness (QED) is 0.875. The summed E-state index contributed by atoms with van der Waals surface area (Å²) in [5, 5.41) is 2.97. The fraction of sp³-hybridized carbons (Fsp3) is 0.400. The number of carbonyl (C=O) groups is 1. The molecule has 2 amide bonds. The third-order valence-electron chi connectivity index (χ3n) is 4.87. The second kappa shape index (κ2) is 8.43. The van der Waals surface area contributed by atoms with Gasteiger partial charge in [-0.15, -0.1) is 0 Å². The minimum absolute atomic E-state index is 0.153. The minimum Gasteiger partial charge on any atom is -0.488 e. The summed E-state index contributed by atoms with van der Waals surface area (Å²) >= 11 is 0. The maximum absolute atomic E-state index is 13.3. The van der Waals surface area contributed by atoms with Crippen molar-refractivity contribution in [1.29, 1.82) is 0 Å². The first-order valence-electron chi connectivity index (χ1n) is 9.45. The average molecular weight is 386 g/mol. The number of pyridine rings is 1. The lowest BCUT2D eigenvalue weighted by atomic mass is 10.3. The number of halogens is 1. The highest BCUT2D eigenvalue weighted by molar-refractivity contribution is 5.92. The maximum Gasteiger partial charge on any atom is 0.322 e. The third-order valence-corrected chi connectivity index (χ3v) is 4.87. The number of hydrogen-bond acceptors (Lipinski definition) is 5. The highest BCUT2D eigenvalue weighted by Crippen LogP contribution is 2.25. The molecule has 0 spiro atoms. The van der Waals surface area contributed by atoms with Crippen LogP contribution in [-0.4, -0.2) is 61.4 Å². The van der Waals surface area contributed by atoms with Gasteiger partial charge in [-0.05, 0) is 24.3 Å². The second-order valence-corrected chi connectivity index (χ2v) is 6.84. The molecule has 1 unspecified atom stereocenters. The Morgan fingerprint density at radius 1 is 1.21 bits per heavy atom. The molecule has 2 saturated heterocycles. The molecule has 2 aromatic rings. The molecular formula is C20H23FN4O3. The molecule has 8 heteroatoms. The first-order chi connectivity index (χ1) is 13.7. The number of morpholine rings is 1. The number of nitrogens with zero attached hydrogens (tertiary/aromatic N) is 3. The number of amides is 2. The molecular weight excluding hydrogens is 363 g/mol. The van der Waals surface area contributed by atoms with Gasteiger partial charge < -0.3 is 24.6 Å².